The molecule has 40 heavy (non-hydrogen) atoms. The predicted octanol–water partition coefficient (Wildman–Crippen LogP) is 3.19. The second kappa shape index (κ2) is 10.7. The van der Waals surface area contributed by atoms with E-state index in [9.17, 15) is 27.6 Å². The quantitative estimate of drug-likeness (QED) is 0.324. The van der Waals surface area contributed by atoms with Crippen molar-refractivity contribution in [1.29, 1.82) is 0 Å². The number of imidazole rings is 1. The number of rotatable bonds is 9. The van der Waals surface area contributed by atoms with E-state index in [1.165, 1.54) is 33.5 Å². The van der Waals surface area contributed by atoms with Crippen molar-refractivity contribution in [3.8, 4) is 17.1 Å². The van der Waals surface area contributed by atoms with Crippen LogP contribution in [-0.2, 0) is 17.9 Å². The van der Waals surface area contributed by atoms with E-state index in [1.807, 2.05) is 13.8 Å². The summed E-state index contributed by atoms with van der Waals surface area (Å²) < 4.78 is 47.0. The Labute approximate surface area is 225 Å². The lowest BCUT2D eigenvalue weighted by Gasteiger charge is -2.24. The maximum Gasteiger partial charge on any atom is 0.573 e. The maximum absolute atomic E-state index is 13.1. The smallest absolute Gasteiger partial charge is 0.406 e. The molecule has 3 aromatic heterocycles. The van der Waals surface area contributed by atoms with Gasteiger partial charge in [-0.05, 0) is 30.5 Å². The zero-order chi connectivity index (χ0) is 28.6. The first kappa shape index (κ1) is 27.2. The van der Waals surface area contributed by atoms with Crippen LogP contribution in [0.4, 0.5) is 13.2 Å². The molecule has 1 aliphatic heterocycles. The Kier molecular flexibility index (Phi) is 7.25. The molecule has 2 atom stereocenters. The zero-order valence-corrected chi connectivity index (χ0v) is 21.9. The van der Waals surface area contributed by atoms with Crippen LogP contribution >= 0.6 is 0 Å². The van der Waals surface area contributed by atoms with Crippen molar-refractivity contribution >= 4 is 17.1 Å². The van der Waals surface area contributed by atoms with Gasteiger partial charge in [-0.25, -0.2) is 9.78 Å². The Hall–Kier alpha value is -4.36. The number of aromatic amines is 1. The van der Waals surface area contributed by atoms with Gasteiger partial charge in [-0.3, -0.25) is 23.4 Å². The minimum Gasteiger partial charge on any atom is -0.406 e. The lowest BCUT2D eigenvalue weighted by Crippen LogP contribution is -2.40. The fourth-order valence-electron chi connectivity index (χ4n) is 5.15. The maximum atomic E-state index is 13.1. The molecule has 1 amide bonds. The van der Waals surface area contributed by atoms with E-state index in [4.69, 9.17) is 0 Å². The van der Waals surface area contributed by atoms with Gasteiger partial charge in [0.2, 0.25) is 5.91 Å². The summed E-state index contributed by atoms with van der Waals surface area (Å²) in [4.78, 5) is 45.7. The topological polar surface area (TPSA) is 129 Å². The van der Waals surface area contributed by atoms with Crippen LogP contribution in [0.2, 0.25) is 0 Å². The molecule has 0 saturated carbocycles. The van der Waals surface area contributed by atoms with E-state index in [0.29, 0.717) is 42.9 Å². The molecule has 2 unspecified atom stereocenters. The van der Waals surface area contributed by atoms with E-state index in [2.05, 4.69) is 25.1 Å². The number of alkyl halides is 3. The lowest BCUT2D eigenvalue weighted by atomic mass is 9.92. The van der Waals surface area contributed by atoms with Crippen molar-refractivity contribution in [1.82, 2.24) is 34.2 Å². The molecule has 4 heterocycles. The van der Waals surface area contributed by atoms with Crippen LogP contribution in [0.3, 0.4) is 0 Å². The molecule has 4 aromatic rings. The van der Waals surface area contributed by atoms with Crippen LogP contribution in [-0.4, -0.2) is 47.7 Å². The van der Waals surface area contributed by atoms with Gasteiger partial charge in [-0.1, -0.05) is 26.0 Å². The monoisotopic (exact) mass is 559 g/mol. The predicted molar refractivity (Wildman–Crippen MR) is 139 cm³/mol. The van der Waals surface area contributed by atoms with E-state index < -0.39 is 23.7 Å². The third-order valence-corrected chi connectivity index (χ3v) is 6.80. The van der Waals surface area contributed by atoms with E-state index >= 15 is 0 Å². The van der Waals surface area contributed by atoms with Gasteiger partial charge in [0.05, 0.1) is 17.8 Å². The third-order valence-electron chi connectivity index (χ3n) is 6.80. The number of fused-ring (bicyclic) bond motifs is 1. The molecular formula is C26H28F3N7O4. The second-order valence-electron chi connectivity index (χ2n) is 9.72. The highest BCUT2D eigenvalue weighted by molar-refractivity contribution is 5.78. The highest BCUT2D eigenvalue weighted by Crippen LogP contribution is 2.34. The van der Waals surface area contributed by atoms with E-state index in [0.717, 1.165) is 0 Å². The van der Waals surface area contributed by atoms with Crippen molar-refractivity contribution in [2.75, 3.05) is 6.54 Å². The van der Waals surface area contributed by atoms with Crippen LogP contribution in [0.1, 0.15) is 44.7 Å². The molecule has 1 aliphatic rings. The van der Waals surface area contributed by atoms with Crippen LogP contribution in [0.15, 0.2) is 46.2 Å². The number of carbonyl (C=O) groups is 1. The summed E-state index contributed by atoms with van der Waals surface area (Å²) in [5, 5.41) is 7.23. The first-order chi connectivity index (χ1) is 19.1. The normalized spacial score (nSPS) is 16.4. The minimum atomic E-state index is -4.85. The molecule has 0 spiro atoms. The molecule has 1 fully saturated rings. The molecule has 14 heteroatoms. The molecule has 5 rings (SSSR count). The molecule has 212 valence electrons. The molecule has 0 aliphatic carbocycles. The first-order valence-electron chi connectivity index (χ1n) is 13.0. The number of hydrogen-bond donors (Lipinski definition) is 2. The SMILES string of the molecule is CCCn1c(=O)c2[nH]c(-c3cnn(C(c4cccc(OC(F)(F)F)c4)C4CNC(=O)C4)c3)nc2n(CCC)c1=O. The Morgan fingerprint density at radius 3 is 2.55 bits per heavy atom. The Balaban J connectivity index is 1.58. The summed E-state index contributed by atoms with van der Waals surface area (Å²) in [5.41, 5.74) is 0.527. The van der Waals surface area contributed by atoms with Crippen LogP contribution in [0.25, 0.3) is 22.6 Å². The van der Waals surface area contributed by atoms with Crippen molar-refractivity contribution < 1.29 is 22.7 Å². The summed E-state index contributed by atoms with van der Waals surface area (Å²) in [6.45, 7) is 4.76. The number of ether oxygens (including phenoxy) is 1. The Morgan fingerprint density at radius 1 is 1.12 bits per heavy atom. The van der Waals surface area contributed by atoms with Crippen molar-refractivity contribution in [2.24, 2.45) is 5.92 Å². The van der Waals surface area contributed by atoms with Gasteiger partial charge in [0.15, 0.2) is 5.65 Å². The fourth-order valence-corrected chi connectivity index (χ4v) is 5.15. The molecule has 0 bridgehead atoms. The number of benzene rings is 1. The number of H-pyrrole nitrogens is 1. The number of aryl methyl sites for hydroxylation is 1. The number of halogens is 3. The Morgan fingerprint density at radius 2 is 1.88 bits per heavy atom. The molecule has 2 N–H and O–H groups in total. The number of carbonyl (C=O) groups excluding carboxylic acids is 1. The Bertz CT molecular complexity index is 1670. The number of amides is 1. The zero-order valence-electron chi connectivity index (χ0n) is 21.9. The van der Waals surface area contributed by atoms with Crippen molar-refractivity contribution in [3.63, 3.8) is 0 Å². The van der Waals surface area contributed by atoms with E-state index in [-0.39, 0.29) is 41.7 Å². The highest BCUT2D eigenvalue weighted by atomic mass is 19.4. The van der Waals surface area contributed by atoms with Gasteiger partial charge in [-0.2, -0.15) is 5.10 Å². The minimum absolute atomic E-state index is 0.162. The lowest BCUT2D eigenvalue weighted by molar-refractivity contribution is -0.274. The van der Waals surface area contributed by atoms with Gasteiger partial charge in [0.25, 0.3) is 5.56 Å². The van der Waals surface area contributed by atoms with Gasteiger partial charge in [0, 0.05) is 38.2 Å². The molecule has 0 radical (unpaired) electrons. The summed E-state index contributed by atoms with van der Waals surface area (Å²) in [6, 6.07) is 4.98. The number of aromatic nitrogens is 6. The molecular weight excluding hydrogens is 531 g/mol. The van der Waals surface area contributed by atoms with Crippen LogP contribution in [0, 0.1) is 5.92 Å². The average Bonchev–Trinajstić information content (AvgIpc) is 3.64. The summed E-state index contributed by atoms with van der Waals surface area (Å²) >= 11 is 0. The second-order valence-corrected chi connectivity index (χ2v) is 9.72. The fraction of sp³-hybridized carbons (Fsp3) is 0.423. The van der Waals surface area contributed by atoms with Gasteiger partial charge in [0.1, 0.15) is 17.1 Å². The van der Waals surface area contributed by atoms with Gasteiger partial charge < -0.3 is 15.0 Å². The summed E-state index contributed by atoms with van der Waals surface area (Å²) in [7, 11) is 0. The number of nitrogens with one attached hydrogen (secondary N) is 2. The standard InChI is InChI=1S/C26H28F3N7O4/c1-3-8-34-23-20(24(38)35(9-4-2)25(34)39)32-22(33-23)17-13-31-36(14-17)21(16-11-19(37)30-12-16)15-6-5-7-18(10-15)40-26(27,28)29/h5-7,10,13-14,16,21H,3-4,8-9,11-12H2,1-2H3,(H,30,37)(H,32,33). The van der Waals surface area contributed by atoms with Crippen molar-refractivity contribution in [3.05, 3.63) is 63.1 Å². The molecule has 1 aromatic carbocycles. The third kappa shape index (κ3) is 5.25. The molecule has 1 saturated heterocycles. The van der Waals surface area contributed by atoms with Crippen LogP contribution < -0.4 is 21.3 Å². The summed E-state index contributed by atoms with van der Waals surface area (Å²) in [6.07, 6.45) is -0.266. The van der Waals surface area contributed by atoms with Crippen LogP contribution in [0.5, 0.6) is 5.75 Å². The van der Waals surface area contributed by atoms with Gasteiger partial charge in [-0.15, -0.1) is 13.2 Å². The highest BCUT2D eigenvalue weighted by Gasteiger charge is 2.34. The van der Waals surface area contributed by atoms with E-state index in [1.54, 1.807) is 16.9 Å². The molecule has 11 nitrogen and oxygen atoms in total. The van der Waals surface area contributed by atoms with Gasteiger partial charge >= 0.3 is 12.1 Å². The van der Waals surface area contributed by atoms with Crippen molar-refractivity contribution in [2.45, 2.75) is 58.6 Å². The largest absolute Gasteiger partial charge is 0.573 e. The summed E-state index contributed by atoms with van der Waals surface area (Å²) in [5.74, 6) is -0.535. The first-order valence-corrected chi connectivity index (χ1v) is 13.0. The number of nitrogens with zero attached hydrogens (tertiary/aromatic N) is 5. The number of hydrogen-bond acceptors (Lipinski definition) is 6. The average molecular weight is 560 g/mol.